The molecule has 19 heavy (non-hydrogen) atoms. The molecule has 1 aromatic rings. The molecular weight excluding hydrogens is 291 g/mol. The average Bonchev–Trinajstić information content (AvgIpc) is 2.70. The maximum atomic E-state index is 12.0. The minimum absolute atomic E-state index is 0.0457. The molecule has 0 aromatic carbocycles. The number of pyridine rings is 1. The van der Waals surface area contributed by atoms with Gasteiger partial charge in [0.1, 0.15) is 16.4 Å². The minimum atomic E-state index is -1.05. The molecule has 1 aromatic heterocycles. The Bertz CT molecular complexity index is 498. The Morgan fingerprint density at radius 2 is 2.37 bits per heavy atom. The Morgan fingerprint density at radius 3 is 3.00 bits per heavy atom. The van der Waals surface area contributed by atoms with Gasteiger partial charge in [-0.05, 0) is 19.1 Å². The van der Waals surface area contributed by atoms with Crippen molar-refractivity contribution in [1.82, 2.24) is 10.3 Å². The molecule has 104 valence electrons. The van der Waals surface area contributed by atoms with Crippen molar-refractivity contribution in [3.8, 4) is 0 Å². The van der Waals surface area contributed by atoms with Gasteiger partial charge in [0, 0.05) is 19.6 Å². The number of nitrogens with one attached hydrogen (secondary N) is 1. The number of aliphatic hydroxyl groups is 1. The van der Waals surface area contributed by atoms with Crippen molar-refractivity contribution in [1.29, 1.82) is 0 Å². The predicted molar refractivity (Wildman–Crippen MR) is 71.6 cm³/mol. The number of hydrogen-bond acceptors (Lipinski definition) is 4. The lowest BCUT2D eigenvalue weighted by Gasteiger charge is -2.26. The van der Waals surface area contributed by atoms with Gasteiger partial charge in [0.05, 0.1) is 11.1 Å². The third kappa shape index (κ3) is 3.17. The smallest absolute Gasteiger partial charge is 0.271 e. The summed E-state index contributed by atoms with van der Waals surface area (Å²) in [5.41, 5.74) is -1.01. The van der Waals surface area contributed by atoms with Crippen LogP contribution in [0.2, 0.25) is 10.2 Å². The zero-order valence-corrected chi connectivity index (χ0v) is 11.8. The van der Waals surface area contributed by atoms with Crippen LogP contribution in [0.5, 0.6) is 0 Å². The molecule has 1 saturated heterocycles. The van der Waals surface area contributed by atoms with Crippen LogP contribution in [0.3, 0.4) is 0 Å². The van der Waals surface area contributed by atoms with Gasteiger partial charge in [0.15, 0.2) is 0 Å². The van der Waals surface area contributed by atoms with Gasteiger partial charge >= 0.3 is 0 Å². The number of halogens is 2. The van der Waals surface area contributed by atoms with Gasteiger partial charge in [-0.15, -0.1) is 0 Å². The third-order valence-corrected chi connectivity index (χ3v) is 3.76. The van der Waals surface area contributed by atoms with E-state index in [0.29, 0.717) is 13.0 Å². The highest BCUT2D eigenvalue weighted by atomic mass is 35.5. The molecule has 1 aliphatic heterocycles. The summed E-state index contributed by atoms with van der Waals surface area (Å²) in [7, 11) is 0. The van der Waals surface area contributed by atoms with Crippen molar-refractivity contribution in [3.05, 3.63) is 28.0 Å². The minimum Gasteiger partial charge on any atom is -0.385 e. The maximum Gasteiger partial charge on any atom is 0.271 e. The zero-order valence-electron chi connectivity index (χ0n) is 10.3. The molecule has 0 spiro atoms. The quantitative estimate of drug-likeness (QED) is 0.833. The SMILES string of the molecule is CC1OCCC1(O)CNC(=O)c1nc(Cl)ccc1Cl. The fourth-order valence-corrected chi connectivity index (χ4v) is 2.24. The van der Waals surface area contributed by atoms with Crippen molar-refractivity contribution in [3.63, 3.8) is 0 Å². The Morgan fingerprint density at radius 1 is 1.63 bits per heavy atom. The molecule has 2 rings (SSSR count). The van der Waals surface area contributed by atoms with E-state index < -0.39 is 11.5 Å². The molecule has 2 atom stereocenters. The first-order valence-corrected chi connectivity index (χ1v) is 6.62. The fourth-order valence-electron chi connectivity index (χ4n) is 1.90. The van der Waals surface area contributed by atoms with Gasteiger partial charge in [-0.25, -0.2) is 4.98 Å². The number of carbonyl (C=O) groups excluding carboxylic acids is 1. The van der Waals surface area contributed by atoms with Crippen LogP contribution < -0.4 is 5.32 Å². The van der Waals surface area contributed by atoms with E-state index >= 15 is 0 Å². The van der Waals surface area contributed by atoms with Gasteiger partial charge in [-0.2, -0.15) is 0 Å². The van der Waals surface area contributed by atoms with E-state index in [1.54, 1.807) is 6.92 Å². The van der Waals surface area contributed by atoms with E-state index in [1.165, 1.54) is 12.1 Å². The summed E-state index contributed by atoms with van der Waals surface area (Å²) in [6, 6.07) is 3.00. The summed E-state index contributed by atoms with van der Waals surface area (Å²) < 4.78 is 5.29. The van der Waals surface area contributed by atoms with E-state index in [0.717, 1.165) is 0 Å². The molecule has 2 heterocycles. The molecule has 0 saturated carbocycles. The molecule has 0 aliphatic carbocycles. The van der Waals surface area contributed by atoms with Crippen LogP contribution in [-0.2, 0) is 4.74 Å². The van der Waals surface area contributed by atoms with Gasteiger partial charge in [0.2, 0.25) is 0 Å². The van der Waals surface area contributed by atoms with Gasteiger partial charge < -0.3 is 15.2 Å². The first kappa shape index (κ1) is 14.5. The largest absolute Gasteiger partial charge is 0.385 e. The van der Waals surface area contributed by atoms with Crippen molar-refractivity contribution in [2.75, 3.05) is 13.2 Å². The molecule has 1 amide bonds. The summed E-state index contributed by atoms with van der Waals surface area (Å²) in [5, 5.41) is 13.3. The first-order chi connectivity index (χ1) is 8.92. The van der Waals surface area contributed by atoms with E-state index in [9.17, 15) is 9.90 Å². The number of hydrogen-bond donors (Lipinski definition) is 2. The lowest BCUT2D eigenvalue weighted by Crippen LogP contribution is -2.47. The van der Waals surface area contributed by atoms with Crippen molar-refractivity contribution in [2.24, 2.45) is 0 Å². The van der Waals surface area contributed by atoms with Crippen LogP contribution >= 0.6 is 23.2 Å². The molecule has 2 N–H and O–H groups in total. The second-order valence-electron chi connectivity index (χ2n) is 4.51. The van der Waals surface area contributed by atoms with Crippen molar-refractivity contribution in [2.45, 2.75) is 25.0 Å². The number of aromatic nitrogens is 1. The van der Waals surface area contributed by atoms with E-state index in [4.69, 9.17) is 27.9 Å². The predicted octanol–water partition coefficient (Wildman–Crippen LogP) is 1.66. The molecule has 0 radical (unpaired) electrons. The Hall–Kier alpha value is -0.880. The van der Waals surface area contributed by atoms with Gasteiger partial charge in [-0.1, -0.05) is 23.2 Å². The van der Waals surface area contributed by atoms with E-state index in [-0.39, 0.29) is 28.5 Å². The molecule has 2 unspecified atom stereocenters. The maximum absolute atomic E-state index is 12.0. The number of amides is 1. The fraction of sp³-hybridized carbons (Fsp3) is 0.500. The van der Waals surface area contributed by atoms with Crippen LogP contribution in [0, 0.1) is 0 Å². The normalized spacial score (nSPS) is 26.4. The molecule has 1 aliphatic rings. The van der Waals surface area contributed by atoms with E-state index in [1.807, 2.05) is 0 Å². The average molecular weight is 305 g/mol. The Labute approximate surface area is 120 Å². The number of carbonyl (C=O) groups is 1. The van der Waals surface area contributed by atoms with Crippen molar-refractivity contribution >= 4 is 29.1 Å². The second-order valence-corrected chi connectivity index (χ2v) is 5.31. The lowest BCUT2D eigenvalue weighted by molar-refractivity contribution is -0.0252. The van der Waals surface area contributed by atoms with Crippen LogP contribution in [0.25, 0.3) is 0 Å². The monoisotopic (exact) mass is 304 g/mol. The Balaban J connectivity index is 2.03. The first-order valence-electron chi connectivity index (χ1n) is 5.86. The Kier molecular flexibility index (Phi) is 4.30. The topological polar surface area (TPSA) is 71.5 Å². The molecular formula is C12H14Cl2N2O3. The summed E-state index contributed by atoms with van der Waals surface area (Å²) in [4.78, 5) is 15.8. The summed E-state index contributed by atoms with van der Waals surface area (Å²) in [6.45, 7) is 2.32. The second kappa shape index (κ2) is 5.63. The molecule has 0 bridgehead atoms. The highest BCUT2D eigenvalue weighted by Gasteiger charge is 2.39. The van der Waals surface area contributed by atoms with E-state index in [2.05, 4.69) is 10.3 Å². The third-order valence-electron chi connectivity index (χ3n) is 3.24. The van der Waals surface area contributed by atoms with Crippen LogP contribution in [-0.4, -0.2) is 40.9 Å². The van der Waals surface area contributed by atoms with Crippen LogP contribution in [0.15, 0.2) is 12.1 Å². The van der Waals surface area contributed by atoms with Gasteiger partial charge in [0.25, 0.3) is 5.91 Å². The number of ether oxygens (including phenoxy) is 1. The van der Waals surface area contributed by atoms with Gasteiger partial charge in [-0.3, -0.25) is 4.79 Å². The summed E-state index contributed by atoms with van der Waals surface area (Å²) >= 11 is 11.6. The lowest BCUT2D eigenvalue weighted by atomic mass is 9.97. The summed E-state index contributed by atoms with van der Waals surface area (Å²) in [5.74, 6) is -0.472. The molecule has 7 heteroatoms. The number of rotatable bonds is 3. The standard InChI is InChI=1S/C12H14Cl2N2O3/c1-7-12(18,4-5-19-7)6-15-11(17)10-8(13)2-3-9(14)16-10/h2-3,7,18H,4-6H2,1H3,(H,15,17). The number of nitrogens with zero attached hydrogens (tertiary/aromatic N) is 1. The zero-order chi connectivity index (χ0) is 14.0. The summed E-state index contributed by atoms with van der Waals surface area (Å²) in [6.07, 6.45) is 0.154. The van der Waals surface area contributed by atoms with Crippen LogP contribution in [0.4, 0.5) is 0 Å². The highest BCUT2D eigenvalue weighted by molar-refractivity contribution is 6.34. The van der Waals surface area contributed by atoms with Crippen molar-refractivity contribution < 1.29 is 14.6 Å². The molecule has 1 fully saturated rings. The molecule has 5 nitrogen and oxygen atoms in total. The highest BCUT2D eigenvalue weighted by Crippen LogP contribution is 2.25. The van der Waals surface area contributed by atoms with Crippen LogP contribution in [0.1, 0.15) is 23.8 Å².